The molecule has 11 heteroatoms. The van der Waals surface area contributed by atoms with Crippen molar-refractivity contribution in [3.8, 4) is 5.69 Å². The number of hydrogen-bond acceptors (Lipinski definition) is 8. The first-order valence-electron chi connectivity index (χ1n) is 9.80. The van der Waals surface area contributed by atoms with Crippen LogP contribution in [-0.2, 0) is 14.8 Å². The highest BCUT2D eigenvalue weighted by Gasteiger charge is 2.20. The molecule has 0 aliphatic heterocycles. The lowest BCUT2D eigenvalue weighted by molar-refractivity contribution is 0.0599. The molecule has 0 aliphatic carbocycles. The highest BCUT2D eigenvalue weighted by Crippen LogP contribution is 2.22. The number of nitrogens with one attached hydrogen (secondary N) is 1. The second kappa shape index (κ2) is 8.17. The molecule has 1 N–H and O–H groups in total. The van der Waals surface area contributed by atoms with Crippen LogP contribution in [0.1, 0.15) is 27.3 Å². The number of nitrogens with zero attached hydrogens (tertiary/aromatic N) is 3. The number of esters is 1. The van der Waals surface area contributed by atoms with E-state index in [1.165, 1.54) is 48.2 Å². The Morgan fingerprint density at radius 1 is 1.09 bits per heavy atom. The number of benzene rings is 1. The van der Waals surface area contributed by atoms with Crippen molar-refractivity contribution in [1.29, 1.82) is 0 Å². The Balaban J connectivity index is 1.71. The Morgan fingerprint density at radius 3 is 2.39 bits per heavy atom. The molecule has 170 valence electrons. The molecule has 0 atom stereocenters. The summed E-state index contributed by atoms with van der Waals surface area (Å²) in [6, 6.07) is 8.85. The maximum atomic E-state index is 13.1. The van der Waals surface area contributed by atoms with Crippen molar-refractivity contribution in [3.63, 3.8) is 0 Å². The summed E-state index contributed by atoms with van der Waals surface area (Å²) in [7, 11) is -2.67. The Kier molecular flexibility index (Phi) is 5.50. The quantitative estimate of drug-likeness (QED) is 0.442. The van der Waals surface area contributed by atoms with E-state index >= 15 is 0 Å². The largest absolute Gasteiger partial charge is 0.465 e. The first-order chi connectivity index (χ1) is 15.6. The van der Waals surface area contributed by atoms with E-state index in [0.29, 0.717) is 28.2 Å². The van der Waals surface area contributed by atoms with Crippen molar-refractivity contribution in [3.05, 3.63) is 75.5 Å². The molecule has 0 saturated carbocycles. The summed E-state index contributed by atoms with van der Waals surface area (Å²) in [5, 5.41) is 3.97. The first-order valence-corrected chi connectivity index (χ1v) is 11.3. The van der Waals surface area contributed by atoms with E-state index in [9.17, 15) is 18.0 Å². The Bertz CT molecular complexity index is 1550. The predicted octanol–water partition coefficient (Wildman–Crippen LogP) is 2.89. The van der Waals surface area contributed by atoms with E-state index in [0.717, 1.165) is 0 Å². The number of hydrogen-bond donors (Lipinski definition) is 1. The average molecular weight is 468 g/mol. The van der Waals surface area contributed by atoms with Crippen LogP contribution in [0, 0.1) is 20.8 Å². The zero-order valence-corrected chi connectivity index (χ0v) is 19.1. The summed E-state index contributed by atoms with van der Waals surface area (Å²) in [6.45, 7) is 5.06. The molecule has 4 aromatic rings. The van der Waals surface area contributed by atoms with Crippen molar-refractivity contribution in [2.75, 3.05) is 11.8 Å². The fourth-order valence-electron chi connectivity index (χ4n) is 3.26. The monoisotopic (exact) mass is 468 g/mol. The maximum Gasteiger partial charge on any atom is 0.339 e. The zero-order valence-electron chi connectivity index (χ0n) is 18.2. The van der Waals surface area contributed by atoms with Gasteiger partial charge >= 0.3 is 5.97 Å². The summed E-state index contributed by atoms with van der Waals surface area (Å²) >= 11 is 0. The van der Waals surface area contributed by atoms with Crippen molar-refractivity contribution < 1.29 is 22.5 Å². The topological polar surface area (TPSA) is 133 Å². The van der Waals surface area contributed by atoms with E-state index in [-0.39, 0.29) is 21.7 Å². The lowest BCUT2D eigenvalue weighted by Gasteiger charge is -2.10. The Morgan fingerprint density at radius 2 is 1.79 bits per heavy atom. The number of aryl methyl sites for hydroxylation is 2. The zero-order chi connectivity index (χ0) is 23.9. The van der Waals surface area contributed by atoms with Crippen LogP contribution in [-0.4, -0.2) is 36.2 Å². The van der Waals surface area contributed by atoms with Crippen LogP contribution >= 0.6 is 0 Å². The molecule has 0 amide bonds. The minimum absolute atomic E-state index is 0.0150. The molecule has 0 saturated heterocycles. The molecule has 33 heavy (non-hydrogen) atoms. The van der Waals surface area contributed by atoms with Gasteiger partial charge in [-0.3, -0.25) is 14.3 Å². The van der Waals surface area contributed by atoms with Crippen LogP contribution in [0.15, 0.2) is 56.8 Å². The molecule has 10 nitrogen and oxygen atoms in total. The molecule has 0 spiro atoms. The van der Waals surface area contributed by atoms with Gasteiger partial charge in [-0.2, -0.15) is 0 Å². The third kappa shape index (κ3) is 3.98. The molecular weight excluding hydrogens is 448 g/mol. The van der Waals surface area contributed by atoms with Gasteiger partial charge in [0.1, 0.15) is 0 Å². The average Bonchev–Trinajstić information content (AvgIpc) is 3.10. The number of carbonyl (C=O) groups excluding carboxylic acids is 1. The summed E-state index contributed by atoms with van der Waals surface area (Å²) in [6.07, 6.45) is 1.54. The fraction of sp³-hybridized carbons (Fsp3) is 0.182. The molecule has 1 aromatic carbocycles. The molecular formula is C22H20N4O6S. The van der Waals surface area contributed by atoms with Gasteiger partial charge in [-0.15, -0.1) is 0 Å². The van der Waals surface area contributed by atoms with Crippen LogP contribution in [0.4, 0.5) is 5.88 Å². The highest BCUT2D eigenvalue weighted by molar-refractivity contribution is 7.92. The van der Waals surface area contributed by atoms with Crippen molar-refractivity contribution >= 4 is 32.8 Å². The number of methoxy groups -OCH3 is 1. The van der Waals surface area contributed by atoms with Gasteiger partial charge in [0, 0.05) is 17.4 Å². The molecule has 3 heterocycles. The summed E-state index contributed by atoms with van der Waals surface area (Å²) in [5.74, 6) is -0.539. The van der Waals surface area contributed by atoms with Gasteiger partial charge in [0.15, 0.2) is 0 Å². The third-order valence-electron chi connectivity index (χ3n) is 5.29. The second-order valence-corrected chi connectivity index (χ2v) is 9.04. The van der Waals surface area contributed by atoms with E-state index in [1.54, 1.807) is 26.8 Å². The van der Waals surface area contributed by atoms with Gasteiger partial charge < -0.3 is 9.26 Å². The molecule has 0 aliphatic rings. The lowest BCUT2D eigenvalue weighted by atomic mass is 10.1. The Hall–Kier alpha value is -3.99. The van der Waals surface area contributed by atoms with Gasteiger partial charge in [-0.1, -0.05) is 5.16 Å². The van der Waals surface area contributed by atoms with Crippen LogP contribution in [0.3, 0.4) is 0 Å². The normalized spacial score (nSPS) is 11.5. The number of aromatic nitrogens is 3. The van der Waals surface area contributed by atoms with Gasteiger partial charge in [-0.05, 0) is 57.2 Å². The van der Waals surface area contributed by atoms with Crippen molar-refractivity contribution in [1.82, 2.24) is 14.7 Å². The molecule has 0 fully saturated rings. The molecule has 0 radical (unpaired) electrons. The molecule has 4 rings (SSSR count). The van der Waals surface area contributed by atoms with Crippen LogP contribution in [0.5, 0.6) is 0 Å². The summed E-state index contributed by atoms with van der Waals surface area (Å²) < 4.78 is 38.9. The number of rotatable bonds is 5. The van der Waals surface area contributed by atoms with E-state index in [1.807, 2.05) is 0 Å². The Labute approximate surface area is 188 Å². The van der Waals surface area contributed by atoms with E-state index < -0.39 is 21.6 Å². The highest BCUT2D eigenvalue weighted by atomic mass is 32.2. The number of carbonyl (C=O) groups is 1. The van der Waals surface area contributed by atoms with Gasteiger partial charge in [-0.25, -0.2) is 17.9 Å². The van der Waals surface area contributed by atoms with Crippen molar-refractivity contribution in [2.24, 2.45) is 0 Å². The van der Waals surface area contributed by atoms with Gasteiger partial charge in [0.05, 0.1) is 39.9 Å². The number of ether oxygens (including phenoxy) is 1. The third-order valence-corrected chi connectivity index (χ3v) is 6.63. The van der Waals surface area contributed by atoms with Crippen molar-refractivity contribution in [2.45, 2.75) is 25.7 Å². The fourth-order valence-corrected chi connectivity index (χ4v) is 4.31. The van der Waals surface area contributed by atoms with E-state index in [2.05, 4.69) is 14.9 Å². The van der Waals surface area contributed by atoms with Gasteiger partial charge in [0.25, 0.3) is 15.6 Å². The SMILES string of the molecule is COC(=O)c1cc2c(=O)n(-c3ccc(S(=O)(=O)Nc4onc(C)c4C)cc3)ccc2nc1C. The van der Waals surface area contributed by atoms with Gasteiger partial charge in [0.2, 0.25) is 5.88 Å². The molecule has 0 unspecified atom stereocenters. The first kappa shape index (κ1) is 22.2. The standard InChI is InChI=1S/C22H20N4O6S/c1-12-13(2)24-32-20(12)25-33(29,30)16-7-5-15(6-8-16)26-10-9-19-18(21(26)27)11-17(14(3)23-19)22(28)31-4/h5-11,25H,1-4H3. The minimum atomic E-state index is -3.92. The number of pyridine rings is 2. The molecule has 0 bridgehead atoms. The number of sulfonamides is 1. The minimum Gasteiger partial charge on any atom is -0.465 e. The molecule has 3 aromatic heterocycles. The number of fused-ring (bicyclic) bond motifs is 1. The van der Waals surface area contributed by atoms with Crippen LogP contribution in [0.2, 0.25) is 0 Å². The predicted molar refractivity (Wildman–Crippen MR) is 120 cm³/mol. The van der Waals surface area contributed by atoms with E-state index in [4.69, 9.17) is 9.26 Å². The van der Waals surface area contributed by atoms with Crippen LogP contribution in [0.25, 0.3) is 16.6 Å². The smallest absolute Gasteiger partial charge is 0.339 e. The number of anilines is 1. The summed E-state index contributed by atoms with van der Waals surface area (Å²) in [5.41, 5.74) is 2.28. The summed E-state index contributed by atoms with van der Waals surface area (Å²) in [4.78, 5) is 29.4. The second-order valence-electron chi connectivity index (χ2n) is 7.36. The van der Waals surface area contributed by atoms with Crippen LogP contribution < -0.4 is 10.3 Å². The maximum absolute atomic E-state index is 13.1. The lowest BCUT2D eigenvalue weighted by Crippen LogP contribution is -2.19.